The van der Waals surface area contributed by atoms with Crippen LogP contribution in [-0.4, -0.2) is 35.4 Å². The van der Waals surface area contributed by atoms with E-state index in [2.05, 4.69) is 0 Å². The predicted octanol–water partition coefficient (Wildman–Crippen LogP) is 2.55. The molecule has 0 spiro atoms. The van der Waals surface area contributed by atoms with E-state index >= 15 is 0 Å². The number of likely N-dealkylation sites (N-methyl/N-ethyl adjacent to an activating group) is 1. The number of rotatable bonds is 6. The van der Waals surface area contributed by atoms with Crippen molar-refractivity contribution in [1.29, 1.82) is 0 Å². The number of ether oxygens (including phenoxy) is 1. The van der Waals surface area contributed by atoms with E-state index in [-0.39, 0.29) is 12.1 Å². The summed E-state index contributed by atoms with van der Waals surface area (Å²) in [5.74, 6) is -1.98. The molecule has 0 bridgehead atoms. The van der Waals surface area contributed by atoms with Gasteiger partial charge in [0.25, 0.3) is 11.6 Å². The predicted molar refractivity (Wildman–Crippen MR) is 86.3 cm³/mol. The number of hydrogen-bond donors (Lipinski definition) is 0. The summed E-state index contributed by atoms with van der Waals surface area (Å²) >= 11 is 0. The summed E-state index contributed by atoms with van der Waals surface area (Å²) in [6.07, 6.45) is 0. The third-order valence-corrected chi connectivity index (χ3v) is 3.44. The van der Waals surface area contributed by atoms with Gasteiger partial charge in [0.1, 0.15) is 11.4 Å². The van der Waals surface area contributed by atoms with Gasteiger partial charge in [-0.25, -0.2) is 9.18 Å². The van der Waals surface area contributed by atoms with Crippen LogP contribution in [0.4, 0.5) is 10.1 Å². The second-order valence-corrected chi connectivity index (χ2v) is 5.19. The largest absolute Gasteiger partial charge is 0.452 e. The third kappa shape index (κ3) is 4.60. The molecule has 0 saturated heterocycles. The molecular formula is C17H15FN2O5. The van der Waals surface area contributed by atoms with Crippen molar-refractivity contribution in [3.63, 3.8) is 0 Å². The van der Waals surface area contributed by atoms with Crippen LogP contribution in [0.1, 0.15) is 15.9 Å². The minimum atomic E-state index is -0.972. The fourth-order valence-corrected chi connectivity index (χ4v) is 2.09. The van der Waals surface area contributed by atoms with E-state index in [1.807, 2.05) is 0 Å². The van der Waals surface area contributed by atoms with Crippen molar-refractivity contribution in [3.8, 4) is 0 Å². The lowest BCUT2D eigenvalue weighted by atomic mass is 10.2. The Morgan fingerprint density at radius 3 is 2.48 bits per heavy atom. The standard InChI is InChI=1S/C17H15FN2O5/c1-19(10-12-6-2-4-8-14(12)18)16(21)11-25-17(22)13-7-3-5-9-15(13)20(23)24/h2-9H,10-11H2,1H3. The van der Waals surface area contributed by atoms with Gasteiger partial charge >= 0.3 is 5.97 Å². The fourth-order valence-electron chi connectivity index (χ4n) is 2.09. The van der Waals surface area contributed by atoms with Crippen molar-refractivity contribution in [1.82, 2.24) is 4.90 Å². The molecule has 2 aromatic rings. The number of hydrogen-bond acceptors (Lipinski definition) is 5. The van der Waals surface area contributed by atoms with Crippen LogP contribution < -0.4 is 0 Å². The second-order valence-electron chi connectivity index (χ2n) is 5.19. The summed E-state index contributed by atoms with van der Waals surface area (Å²) in [5.41, 5.74) is -0.319. The number of carbonyl (C=O) groups is 2. The minimum Gasteiger partial charge on any atom is -0.452 e. The Labute approximate surface area is 142 Å². The molecule has 0 unspecified atom stereocenters. The highest BCUT2D eigenvalue weighted by Gasteiger charge is 2.22. The quantitative estimate of drug-likeness (QED) is 0.455. The molecule has 2 rings (SSSR count). The Morgan fingerprint density at radius 2 is 1.80 bits per heavy atom. The maximum atomic E-state index is 13.6. The molecule has 130 valence electrons. The number of nitro groups is 1. The van der Waals surface area contributed by atoms with E-state index in [4.69, 9.17) is 4.74 Å². The summed E-state index contributed by atoms with van der Waals surface area (Å²) in [6, 6.07) is 11.3. The molecule has 0 aromatic heterocycles. The van der Waals surface area contributed by atoms with Gasteiger partial charge in [-0.05, 0) is 12.1 Å². The molecule has 1 amide bonds. The minimum absolute atomic E-state index is 0.00847. The van der Waals surface area contributed by atoms with Crippen molar-refractivity contribution < 1.29 is 23.6 Å². The van der Waals surface area contributed by atoms with Crippen molar-refractivity contribution in [2.75, 3.05) is 13.7 Å². The van der Waals surface area contributed by atoms with Crippen LogP contribution in [0.2, 0.25) is 0 Å². The highest BCUT2D eigenvalue weighted by molar-refractivity contribution is 5.95. The molecule has 0 aliphatic heterocycles. The van der Waals surface area contributed by atoms with Crippen LogP contribution in [0, 0.1) is 15.9 Å². The lowest BCUT2D eigenvalue weighted by Gasteiger charge is -2.17. The Morgan fingerprint density at radius 1 is 1.16 bits per heavy atom. The van der Waals surface area contributed by atoms with E-state index < -0.39 is 34.9 Å². The zero-order valence-electron chi connectivity index (χ0n) is 13.3. The first kappa shape index (κ1) is 18.1. The van der Waals surface area contributed by atoms with Crippen LogP contribution >= 0.6 is 0 Å². The molecule has 0 saturated carbocycles. The zero-order chi connectivity index (χ0) is 18.4. The van der Waals surface area contributed by atoms with Crippen LogP contribution in [0.25, 0.3) is 0 Å². The van der Waals surface area contributed by atoms with Crippen molar-refractivity contribution >= 4 is 17.6 Å². The smallest absolute Gasteiger partial charge is 0.345 e. The van der Waals surface area contributed by atoms with Crippen molar-refractivity contribution in [2.24, 2.45) is 0 Å². The van der Waals surface area contributed by atoms with Crippen LogP contribution in [0.3, 0.4) is 0 Å². The summed E-state index contributed by atoms with van der Waals surface area (Å²) in [4.78, 5) is 35.3. The number of nitrogens with zero attached hydrogens (tertiary/aromatic N) is 2. The summed E-state index contributed by atoms with van der Waals surface area (Å²) < 4.78 is 18.4. The fraction of sp³-hybridized carbons (Fsp3) is 0.176. The highest BCUT2D eigenvalue weighted by atomic mass is 19.1. The third-order valence-electron chi connectivity index (χ3n) is 3.44. The van der Waals surface area contributed by atoms with Gasteiger partial charge in [-0.3, -0.25) is 14.9 Å². The average molecular weight is 346 g/mol. The van der Waals surface area contributed by atoms with E-state index in [0.717, 1.165) is 0 Å². The molecule has 25 heavy (non-hydrogen) atoms. The first-order chi connectivity index (χ1) is 11.9. The summed E-state index contributed by atoms with van der Waals surface area (Å²) in [7, 11) is 1.44. The lowest BCUT2D eigenvalue weighted by Crippen LogP contribution is -2.31. The number of nitro benzene ring substituents is 1. The van der Waals surface area contributed by atoms with Gasteiger partial charge in [0.15, 0.2) is 6.61 Å². The molecule has 0 heterocycles. The molecule has 0 fully saturated rings. The van der Waals surface area contributed by atoms with Gasteiger partial charge in [0.05, 0.1) is 4.92 Å². The van der Waals surface area contributed by atoms with Crippen molar-refractivity contribution in [2.45, 2.75) is 6.54 Å². The van der Waals surface area contributed by atoms with Crippen LogP contribution in [-0.2, 0) is 16.1 Å². The molecule has 7 nitrogen and oxygen atoms in total. The molecule has 0 N–H and O–H groups in total. The van der Waals surface area contributed by atoms with E-state index in [1.54, 1.807) is 12.1 Å². The molecule has 0 aliphatic carbocycles. The molecule has 0 radical (unpaired) electrons. The molecule has 2 aromatic carbocycles. The summed E-state index contributed by atoms with van der Waals surface area (Å²) in [6.45, 7) is -0.593. The number of para-hydroxylation sites is 1. The van der Waals surface area contributed by atoms with Gasteiger partial charge in [-0.2, -0.15) is 0 Å². The summed E-state index contributed by atoms with van der Waals surface area (Å²) in [5, 5.41) is 10.9. The van der Waals surface area contributed by atoms with E-state index in [0.29, 0.717) is 5.56 Å². The number of benzene rings is 2. The average Bonchev–Trinajstić information content (AvgIpc) is 2.61. The molecule has 0 atom stereocenters. The number of esters is 1. The Kier molecular flexibility index (Phi) is 5.78. The normalized spacial score (nSPS) is 10.2. The van der Waals surface area contributed by atoms with Gasteiger partial charge in [-0.15, -0.1) is 0 Å². The number of amides is 1. The molecule has 8 heteroatoms. The number of carbonyl (C=O) groups excluding carboxylic acids is 2. The monoisotopic (exact) mass is 346 g/mol. The lowest BCUT2D eigenvalue weighted by molar-refractivity contribution is -0.385. The van der Waals surface area contributed by atoms with Gasteiger partial charge in [0, 0.05) is 25.2 Å². The topological polar surface area (TPSA) is 89.8 Å². The van der Waals surface area contributed by atoms with Crippen LogP contribution in [0.15, 0.2) is 48.5 Å². The van der Waals surface area contributed by atoms with E-state index in [9.17, 15) is 24.1 Å². The van der Waals surface area contributed by atoms with E-state index in [1.165, 1.54) is 48.3 Å². The maximum absolute atomic E-state index is 13.6. The number of halogens is 1. The van der Waals surface area contributed by atoms with Crippen molar-refractivity contribution in [3.05, 3.63) is 75.6 Å². The first-order valence-corrected chi connectivity index (χ1v) is 7.28. The van der Waals surface area contributed by atoms with Gasteiger partial charge in [0.2, 0.25) is 0 Å². The second kappa shape index (κ2) is 8.00. The first-order valence-electron chi connectivity index (χ1n) is 7.28. The maximum Gasteiger partial charge on any atom is 0.345 e. The van der Waals surface area contributed by atoms with Gasteiger partial charge in [-0.1, -0.05) is 30.3 Å². The SMILES string of the molecule is CN(Cc1ccccc1F)C(=O)COC(=O)c1ccccc1[N+](=O)[O-]. The Hall–Kier alpha value is -3.29. The van der Waals surface area contributed by atoms with Gasteiger partial charge < -0.3 is 9.64 Å². The molecule has 0 aliphatic rings. The highest BCUT2D eigenvalue weighted by Crippen LogP contribution is 2.18. The Bertz CT molecular complexity index is 809. The molecular weight excluding hydrogens is 331 g/mol. The Balaban J connectivity index is 1.96. The van der Waals surface area contributed by atoms with Crippen LogP contribution in [0.5, 0.6) is 0 Å². The zero-order valence-corrected chi connectivity index (χ0v) is 13.3.